The van der Waals surface area contributed by atoms with E-state index in [0.29, 0.717) is 12.1 Å². The molecule has 1 amide bonds. The molecule has 6 heteroatoms. The summed E-state index contributed by atoms with van der Waals surface area (Å²) in [6.07, 6.45) is 0.420. The van der Waals surface area contributed by atoms with Crippen LogP contribution in [0.2, 0.25) is 0 Å². The van der Waals surface area contributed by atoms with E-state index in [9.17, 15) is 4.79 Å². The van der Waals surface area contributed by atoms with Crippen LogP contribution in [0.25, 0.3) is 0 Å². The van der Waals surface area contributed by atoms with Gasteiger partial charge in [-0.15, -0.1) is 0 Å². The van der Waals surface area contributed by atoms with E-state index in [-0.39, 0.29) is 11.7 Å². The first-order valence-electron chi connectivity index (χ1n) is 6.33. The molecular weight excluding hydrogens is 258 g/mol. The van der Waals surface area contributed by atoms with E-state index in [0.717, 1.165) is 11.3 Å². The van der Waals surface area contributed by atoms with E-state index in [1.165, 1.54) is 0 Å². The third kappa shape index (κ3) is 3.01. The smallest absolute Gasteiger partial charge is 0.238 e. The number of aryl methyl sites for hydroxylation is 1. The van der Waals surface area contributed by atoms with Gasteiger partial charge in [0.1, 0.15) is 11.2 Å². The topological polar surface area (TPSA) is 96.9 Å². The Morgan fingerprint density at radius 1 is 1.55 bits per heavy atom. The number of ether oxygens (including phenoxy) is 1. The number of carbonyl (C=O) groups excluding carboxylic acids is 1. The summed E-state index contributed by atoms with van der Waals surface area (Å²) >= 11 is 0. The molecule has 0 aromatic heterocycles. The van der Waals surface area contributed by atoms with Gasteiger partial charge in [0.15, 0.2) is 5.84 Å². The summed E-state index contributed by atoms with van der Waals surface area (Å²) in [6.45, 7) is 5.32. The number of benzene rings is 1. The normalized spacial score (nSPS) is 14.5. The third-order valence-corrected chi connectivity index (χ3v) is 3.53. The maximum absolute atomic E-state index is 12.3. The Kier molecular flexibility index (Phi) is 4.96. The fourth-order valence-corrected chi connectivity index (χ4v) is 1.79. The second kappa shape index (κ2) is 6.27. The Balaban J connectivity index is 2.98. The summed E-state index contributed by atoms with van der Waals surface area (Å²) in [4.78, 5) is 12.3. The van der Waals surface area contributed by atoms with Gasteiger partial charge in [-0.2, -0.15) is 0 Å². The molecule has 1 atom stereocenters. The van der Waals surface area contributed by atoms with Gasteiger partial charge in [-0.3, -0.25) is 4.79 Å². The highest BCUT2D eigenvalue weighted by atomic mass is 16.5. The zero-order valence-corrected chi connectivity index (χ0v) is 12.2. The summed E-state index contributed by atoms with van der Waals surface area (Å²) in [7, 11) is 1.59. The highest BCUT2D eigenvalue weighted by Gasteiger charge is 2.36. The fraction of sp³-hybridized carbons (Fsp3) is 0.429. The van der Waals surface area contributed by atoms with E-state index in [1.54, 1.807) is 39.2 Å². The molecule has 20 heavy (non-hydrogen) atoms. The predicted molar refractivity (Wildman–Crippen MR) is 78.2 cm³/mol. The standard InChI is InChI=1S/C14H21N3O3/c1-5-14(3,12(15)17-19)13(18)16-10-6-7-11(20-4)9(2)8-10/h6-8,19H,5H2,1-4H3,(H2,15,17)(H,16,18). The van der Waals surface area contributed by atoms with Gasteiger partial charge in [0, 0.05) is 5.69 Å². The van der Waals surface area contributed by atoms with E-state index in [4.69, 9.17) is 15.7 Å². The van der Waals surface area contributed by atoms with Crippen LogP contribution in [0, 0.1) is 12.3 Å². The number of hydrogen-bond acceptors (Lipinski definition) is 4. The number of anilines is 1. The van der Waals surface area contributed by atoms with Gasteiger partial charge < -0.3 is 21.0 Å². The van der Waals surface area contributed by atoms with Crippen LogP contribution >= 0.6 is 0 Å². The average molecular weight is 279 g/mol. The van der Waals surface area contributed by atoms with Crippen LogP contribution in [-0.4, -0.2) is 24.1 Å². The van der Waals surface area contributed by atoms with Gasteiger partial charge in [-0.1, -0.05) is 12.1 Å². The molecule has 6 nitrogen and oxygen atoms in total. The number of amidine groups is 1. The third-order valence-electron chi connectivity index (χ3n) is 3.53. The number of oxime groups is 1. The maximum Gasteiger partial charge on any atom is 0.238 e. The lowest BCUT2D eigenvalue weighted by atomic mass is 9.85. The molecule has 0 aliphatic heterocycles. The molecule has 0 saturated carbocycles. The first-order valence-corrected chi connectivity index (χ1v) is 6.33. The second-order valence-electron chi connectivity index (χ2n) is 4.81. The summed E-state index contributed by atoms with van der Waals surface area (Å²) in [5.74, 6) is 0.320. The molecule has 1 rings (SSSR count). The zero-order chi connectivity index (χ0) is 15.3. The van der Waals surface area contributed by atoms with Crippen molar-refractivity contribution in [1.82, 2.24) is 0 Å². The first kappa shape index (κ1) is 15.8. The van der Waals surface area contributed by atoms with Crippen LogP contribution < -0.4 is 15.8 Å². The lowest BCUT2D eigenvalue weighted by molar-refractivity contribution is -0.121. The number of methoxy groups -OCH3 is 1. The van der Waals surface area contributed by atoms with E-state index in [1.807, 2.05) is 6.92 Å². The average Bonchev–Trinajstić information content (AvgIpc) is 2.45. The van der Waals surface area contributed by atoms with E-state index >= 15 is 0 Å². The van der Waals surface area contributed by atoms with Gasteiger partial charge in [0.2, 0.25) is 5.91 Å². The molecule has 0 radical (unpaired) electrons. The number of carbonyl (C=O) groups is 1. The Hall–Kier alpha value is -2.24. The van der Waals surface area contributed by atoms with Crippen LogP contribution in [0.5, 0.6) is 5.75 Å². The van der Waals surface area contributed by atoms with Crippen molar-refractivity contribution in [2.45, 2.75) is 27.2 Å². The quantitative estimate of drug-likeness (QED) is 0.333. The summed E-state index contributed by atoms with van der Waals surface area (Å²) < 4.78 is 5.16. The highest BCUT2D eigenvalue weighted by Crippen LogP contribution is 2.26. The molecule has 0 spiro atoms. The molecule has 0 fully saturated rings. The molecule has 110 valence electrons. The molecule has 0 heterocycles. The minimum Gasteiger partial charge on any atom is -0.496 e. The predicted octanol–water partition coefficient (Wildman–Crippen LogP) is 2.10. The van der Waals surface area contributed by atoms with Crippen molar-refractivity contribution >= 4 is 17.4 Å². The van der Waals surface area contributed by atoms with Gasteiger partial charge in [0.05, 0.1) is 7.11 Å². The number of amides is 1. The van der Waals surface area contributed by atoms with Crippen LogP contribution in [0.1, 0.15) is 25.8 Å². The van der Waals surface area contributed by atoms with E-state index in [2.05, 4.69) is 10.5 Å². The fourth-order valence-electron chi connectivity index (χ4n) is 1.79. The first-order chi connectivity index (χ1) is 9.38. The second-order valence-corrected chi connectivity index (χ2v) is 4.81. The molecule has 0 aliphatic carbocycles. The van der Waals surface area contributed by atoms with Gasteiger partial charge in [0.25, 0.3) is 0 Å². The zero-order valence-electron chi connectivity index (χ0n) is 12.2. The maximum atomic E-state index is 12.3. The van der Waals surface area contributed by atoms with Crippen LogP contribution in [0.4, 0.5) is 5.69 Å². The SMILES string of the molecule is CCC(C)(C(=O)Nc1ccc(OC)c(C)c1)/C(N)=N/O. The molecule has 0 bridgehead atoms. The summed E-state index contributed by atoms with van der Waals surface area (Å²) in [5.41, 5.74) is 6.11. The monoisotopic (exact) mass is 279 g/mol. The number of nitrogens with one attached hydrogen (secondary N) is 1. The Morgan fingerprint density at radius 3 is 2.65 bits per heavy atom. The molecule has 0 saturated heterocycles. The van der Waals surface area contributed by atoms with Gasteiger partial charge in [-0.25, -0.2) is 0 Å². The number of hydrogen-bond donors (Lipinski definition) is 3. The van der Waals surface area contributed by atoms with Crippen molar-refractivity contribution in [3.63, 3.8) is 0 Å². The highest BCUT2D eigenvalue weighted by molar-refractivity contribution is 6.11. The van der Waals surface area contributed by atoms with Crippen LogP contribution in [0.3, 0.4) is 0 Å². The molecule has 4 N–H and O–H groups in total. The Morgan fingerprint density at radius 2 is 2.20 bits per heavy atom. The Bertz CT molecular complexity index is 528. The molecule has 0 aliphatic rings. The lowest BCUT2D eigenvalue weighted by Crippen LogP contribution is -2.44. The van der Waals surface area contributed by atoms with Crippen molar-refractivity contribution in [2.75, 3.05) is 12.4 Å². The minimum absolute atomic E-state index is 0.109. The van der Waals surface area contributed by atoms with Crippen LogP contribution in [0.15, 0.2) is 23.4 Å². The van der Waals surface area contributed by atoms with Crippen molar-refractivity contribution in [1.29, 1.82) is 0 Å². The molecular formula is C14H21N3O3. The molecule has 1 aromatic rings. The molecule has 1 aromatic carbocycles. The van der Waals surface area contributed by atoms with Crippen molar-refractivity contribution in [3.05, 3.63) is 23.8 Å². The van der Waals surface area contributed by atoms with Crippen molar-refractivity contribution in [2.24, 2.45) is 16.3 Å². The Labute approximate surface area is 118 Å². The van der Waals surface area contributed by atoms with Crippen molar-refractivity contribution in [3.8, 4) is 5.75 Å². The van der Waals surface area contributed by atoms with Crippen LogP contribution in [-0.2, 0) is 4.79 Å². The number of nitrogens with zero attached hydrogens (tertiary/aromatic N) is 1. The molecule has 1 unspecified atom stereocenters. The lowest BCUT2D eigenvalue weighted by Gasteiger charge is -2.25. The van der Waals surface area contributed by atoms with Gasteiger partial charge >= 0.3 is 0 Å². The number of rotatable bonds is 5. The van der Waals surface area contributed by atoms with Crippen molar-refractivity contribution < 1.29 is 14.7 Å². The summed E-state index contributed by atoms with van der Waals surface area (Å²) in [5, 5.41) is 14.5. The van der Waals surface area contributed by atoms with E-state index < -0.39 is 5.41 Å². The van der Waals surface area contributed by atoms with Gasteiger partial charge in [-0.05, 0) is 44.0 Å². The minimum atomic E-state index is -1.05. The summed E-state index contributed by atoms with van der Waals surface area (Å²) in [6, 6.07) is 5.32. The largest absolute Gasteiger partial charge is 0.496 e. The number of nitrogens with two attached hydrogens (primary N) is 1.